The van der Waals surface area contributed by atoms with Crippen LogP contribution in [-0.4, -0.2) is 65.6 Å². The summed E-state index contributed by atoms with van der Waals surface area (Å²) in [4.78, 5) is 41.6. The molecule has 230 valence electrons. The highest BCUT2D eigenvalue weighted by Crippen LogP contribution is 2.56. The van der Waals surface area contributed by atoms with Crippen molar-refractivity contribution in [3.05, 3.63) is 102 Å². The van der Waals surface area contributed by atoms with Gasteiger partial charge in [0.05, 0.1) is 37.8 Å². The molecule has 0 bridgehead atoms. The molecule has 2 heterocycles. The van der Waals surface area contributed by atoms with E-state index in [-0.39, 0.29) is 18.2 Å². The number of fused-ring (bicyclic) bond motifs is 1. The van der Waals surface area contributed by atoms with Gasteiger partial charge in [-0.25, -0.2) is 9.59 Å². The summed E-state index contributed by atoms with van der Waals surface area (Å²) in [5, 5.41) is 4.68. The first-order valence-corrected chi connectivity index (χ1v) is 17.9. The van der Waals surface area contributed by atoms with Crippen molar-refractivity contribution in [3.63, 3.8) is 0 Å². The minimum absolute atomic E-state index is 0.0445. The van der Waals surface area contributed by atoms with E-state index in [1.807, 2.05) is 60.7 Å². The maximum atomic E-state index is 13.9. The number of hydrogen-bond acceptors (Lipinski definition) is 7. The molecule has 2 atom stereocenters. The van der Waals surface area contributed by atoms with Gasteiger partial charge in [-0.2, -0.15) is 0 Å². The number of alkyl carbamates (subject to hydrolysis) is 1. The van der Waals surface area contributed by atoms with Crippen molar-refractivity contribution in [3.8, 4) is 5.75 Å². The normalized spacial score (nSPS) is 18.2. The van der Waals surface area contributed by atoms with Gasteiger partial charge in [-0.1, -0.05) is 48.5 Å². The van der Waals surface area contributed by atoms with Gasteiger partial charge in [0.15, 0.2) is 0 Å². The Hall–Kier alpha value is -3.81. The van der Waals surface area contributed by atoms with Crippen molar-refractivity contribution in [2.45, 2.75) is 44.4 Å². The lowest BCUT2D eigenvalue weighted by Gasteiger charge is -2.49. The summed E-state index contributed by atoms with van der Waals surface area (Å²) in [6.07, 6.45) is -0.0667. The maximum Gasteiger partial charge on any atom is 0.408 e. The molecule has 0 aromatic heterocycles. The van der Waals surface area contributed by atoms with Crippen LogP contribution < -0.4 is 20.7 Å². The van der Waals surface area contributed by atoms with Gasteiger partial charge in [-0.3, -0.25) is 9.69 Å². The lowest BCUT2D eigenvalue weighted by molar-refractivity contribution is -0.152. The second-order valence-electron chi connectivity index (χ2n) is 11.9. The predicted molar refractivity (Wildman–Crippen MR) is 176 cm³/mol. The van der Waals surface area contributed by atoms with Crippen molar-refractivity contribution in [1.29, 1.82) is 0 Å². The van der Waals surface area contributed by atoms with Crippen LogP contribution in [0, 0.1) is 0 Å². The second-order valence-corrected chi connectivity index (χ2v) is 16.8. The third-order valence-corrected chi connectivity index (χ3v) is 12.8. The Bertz CT molecular complexity index is 1500. The molecule has 2 aliphatic rings. The van der Waals surface area contributed by atoms with Gasteiger partial charge < -0.3 is 19.5 Å². The average molecular weight is 634 g/mol. The number of ether oxygens (including phenoxy) is 3. The molecule has 0 aliphatic carbocycles. The first kappa shape index (κ1) is 31.6. The van der Waals surface area contributed by atoms with Crippen LogP contribution in [0.3, 0.4) is 0 Å². The number of methoxy groups -OCH3 is 1. The fourth-order valence-corrected chi connectivity index (χ4v) is 10.2. The summed E-state index contributed by atoms with van der Waals surface area (Å²) in [6.45, 7) is 7.61. The van der Waals surface area contributed by atoms with E-state index < -0.39 is 36.3 Å². The summed E-state index contributed by atoms with van der Waals surface area (Å²) in [5.74, 6) is 0.305. The zero-order valence-electron chi connectivity index (χ0n) is 25.6. The highest BCUT2D eigenvalue weighted by Gasteiger charge is 2.56. The maximum absolute atomic E-state index is 13.9. The lowest BCUT2D eigenvalue weighted by atomic mass is 10.0. The molecule has 3 aromatic carbocycles. The topological polar surface area (TPSA) is 94.2 Å². The Morgan fingerprint density at radius 1 is 0.955 bits per heavy atom. The summed E-state index contributed by atoms with van der Waals surface area (Å²) >= 11 is 1.54. The smallest absolute Gasteiger partial charge is 0.408 e. The molecule has 0 radical (unpaired) electrons. The number of nitrogens with one attached hydrogen (secondary N) is 1. The Morgan fingerprint density at radius 3 is 2.09 bits per heavy atom. The number of esters is 1. The van der Waals surface area contributed by atoms with E-state index in [0.717, 1.165) is 11.1 Å². The Morgan fingerprint density at radius 2 is 1.55 bits per heavy atom. The van der Waals surface area contributed by atoms with Crippen LogP contribution >= 0.6 is 19.0 Å². The third-order valence-electron chi connectivity index (χ3n) is 7.60. The van der Waals surface area contributed by atoms with E-state index in [0.29, 0.717) is 17.7 Å². The summed E-state index contributed by atoms with van der Waals surface area (Å²) in [6, 6.07) is 27.2. The largest absolute Gasteiger partial charge is 0.497 e. The molecule has 2 aliphatic heterocycles. The van der Waals surface area contributed by atoms with Crippen LogP contribution in [0.15, 0.2) is 96.2 Å². The first-order valence-electron chi connectivity index (χ1n) is 14.4. The number of benzene rings is 3. The monoisotopic (exact) mass is 633 g/mol. The molecule has 0 spiro atoms. The number of β-lactam (4-membered cyclic amide) rings is 1. The molecule has 0 unspecified atom stereocenters. The van der Waals surface area contributed by atoms with Gasteiger partial charge >= 0.3 is 12.1 Å². The average Bonchev–Trinajstić information content (AvgIpc) is 3.02. The molecule has 1 fully saturated rings. The Kier molecular flexibility index (Phi) is 9.37. The molecule has 44 heavy (non-hydrogen) atoms. The molecular weight excluding hydrogens is 595 g/mol. The molecule has 1 saturated heterocycles. The van der Waals surface area contributed by atoms with E-state index in [9.17, 15) is 14.4 Å². The van der Waals surface area contributed by atoms with Gasteiger partial charge in [0.2, 0.25) is 0 Å². The van der Waals surface area contributed by atoms with Crippen molar-refractivity contribution >= 4 is 47.6 Å². The predicted octanol–water partition coefficient (Wildman–Crippen LogP) is 5.10. The van der Waals surface area contributed by atoms with E-state index in [1.54, 1.807) is 27.9 Å². The molecule has 1 N–H and O–H groups in total. The molecular formula is C34H38N2O6PS+. The van der Waals surface area contributed by atoms with Gasteiger partial charge in [0.25, 0.3) is 5.91 Å². The van der Waals surface area contributed by atoms with Gasteiger partial charge in [0, 0.05) is 11.3 Å². The van der Waals surface area contributed by atoms with Gasteiger partial charge in [-0.05, 0) is 62.7 Å². The first-order chi connectivity index (χ1) is 21.0. The van der Waals surface area contributed by atoms with Crippen molar-refractivity contribution in [2.75, 3.05) is 25.7 Å². The summed E-state index contributed by atoms with van der Waals surface area (Å²) < 4.78 is 16.5. The molecule has 0 saturated carbocycles. The van der Waals surface area contributed by atoms with E-state index in [2.05, 4.69) is 36.2 Å². The highest BCUT2D eigenvalue weighted by atomic mass is 32.2. The highest BCUT2D eigenvalue weighted by molar-refractivity contribution is 8.00. The molecule has 3 aromatic rings. The minimum atomic E-state index is -2.03. The number of amides is 2. The summed E-state index contributed by atoms with van der Waals surface area (Å²) in [7, 11) is -0.436. The second kappa shape index (κ2) is 13.0. The minimum Gasteiger partial charge on any atom is -0.497 e. The Balaban J connectivity index is 1.48. The number of carbonyl (C=O) groups excluding carboxylic acids is 3. The SMILES string of the molecule is COc1ccc(COC(=O)C2=C(C[P+](C)(c3ccccc3)c3ccccc3)CS[C@@H]3[C@H](NC(=O)OC(C)(C)C)C(=O)N23)cc1. The molecule has 2 amide bonds. The van der Waals surface area contributed by atoms with Gasteiger partial charge in [-0.15, -0.1) is 11.8 Å². The van der Waals surface area contributed by atoms with Crippen molar-refractivity contribution in [2.24, 2.45) is 0 Å². The molecule has 5 rings (SSSR count). The quantitative estimate of drug-likeness (QED) is 0.199. The van der Waals surface area contributed by atoms with Crippen molar-refractivity contribution < 1.29 is 28.6 Å². The van der Waals surface area contributed by atoms with Gasteiger partial charge in [0.1, 0.15) is 35.1 Å². The fourth-order valence-electron chi connectivity index (χ4n) is 5.39. The zero-order chi connectivity index (χ0) is 31.5. The Labute approximate surface area is 263 Å². The van der Waals surface area contributed by atoms with Crippen LogP contribution in [0.2, 0.25) is 0 Å². The molecule has 10 heteroatoms. The fraction of sp³-hybridized carbons (Fsp3) is 0.324. The number of nitrogens with zero attached hydrogens (tertiary/aromatic N) is 1. The number of carbonyl (C=O) groups is 3. The van der Waals surface area contributed by atoms with E-state index in [1.165, 1.54) is 27.3 Å². The summed E-state index contributed by atoms with van der Waals surface area (Å²) in [5.41, 5.74) is 1.22. The number of thioether (sulfide) groups is 1. The van der Waals surface area contributed by atoms with Crippen LogP contribution in [0.1, 0.15) is 26.3 Å². The van der Waals surface area contributed by atoms with Crippen LogP contribution in [0.5, 0.6) is 5.75 Å². The van der Waals surface area contributed by atoms with Crippen LogP contribution in [-0.2, 0) is 25.7 Å². The zero-order valence-corrected chi connectivity index (χ0v) is 27.3. The number of hydrogen-bond donors (Lipinski definition) is 1. The third kappa shape index (κ3) is 6.79. The van der Waals surface area contributed by atoms with Crippen LogP contribution in [0.25, 0.3) is 0 Å². The van der Waals surface area contributed by atoms with Crippen LogP contribution in [0.4, 0.5) is 4.79 Å². The standard InChI is InChI=1S/C34H37N2O6PS/c1-34(2,3)42-33(39)35-28-30(37)36-29(32(38)41-20-23-16-18-25(40-4)19-17-23)24(22-44-31(28)36)21-43(5,26-12-8-6-9-13-26)27-14-10-7-11-15-27/h6-19,28,31H,20-22H2,1-5H3/p+1/t28-,31-/m1/s1. The lowest BCUT2D eigenvalue weighted by Crippen LogP contribution is -2.70. The number of rotatable bonds is 9. The molecule has 8 nitrogen and oxygen atoms in total. The van der Waals surface area contributed by atoms with E-state index >= 15 is 0 Å². The van der Waals surface area contributed by atoms with E-state index in [4.69, 9.17) is 14.2 Å². The van der Waals surface area contributed by atoms with Crippen molar-refractivity contribution in [1.82, 2.24) is 10.2 Å².